The van der Waals surface area contributed by atoms with Gasteiger partial charge in [0.15, 0.2) is 11.6 Å². The van der Waals surface area contributed by atoms with Crippen molar-refractivity contribution < 1.29 is 13.5 Å². The molecule has 1 atom stereocenters. The van der Waals surface area contributed by atoms with Gasteiger partial charge in [0.1, 0.15) is 11.3 Å². The molecule has 1 unspecified atom stereocenters. The summed E-state index contributed by atoms with van der Waals surface area (Å²) in [5.74, 6) is -0.854. The fourth-order valence-corrected chi connectivity index (χ4v) is 1.84. The molecule has 0 aliphatic heterocycles. The molecule has 0 aliphatic carbocycles. The molecule has 0 saturated heterocycles. The highest BCUT2D eigenvalue weighted by Gasteiger charge is 2.13. The van der Waals surface area contributed by atoms with Crippen LogP contribution in [0.25, 0.3) is 11.0 Å². The van der Waals surface area contributed by atoms with E-state index in [-0.39, 0.29) is 11.4 Å². The second-order valence-corrected chi connectivity index (χ2v) is 4.21. The molecule has 0 bridgehead atoms. The molecule has 0 spiro atoms. The van der Waals surface area contributed by atoms with E-state index in [2.05, 4.69) is 9.97 Å². The minimum absolute atomic E-state index is 0.0598. The second-order valence-electron chi connectivity index (χ2n) is 4.21. The molecule has 0 radical (unpaired) electrons. The second kappa shape index (κ2) is 4.79. The van der Waals surface area contributed by atoms with E-state index >= 15 is 0 Å². The third kappa shape index (κ3) is 2.44. The predicted molar refractivity (Wildman–Crippen MR) is 60.8 cm³/mol. The average Bonchev–Trinajstić information content (AvgIpc) is 2.67. The Hall–Kier alpha value is -1.49. The van der Waals surface area contributed by atoms with Crippen molar-refractivity contribution in [3.63, 3.8) is 0 Å². The molecule has 0 fully saturated rings. The van der Waals surface area contributed by atoms with Crippen molar-refractivity contribution in [3.05, 3.63) is 29.6 Å². The number of aromatic amines is 1. The summed E-state index contributed by atoms with van der Waals surface area (Å²) in [5, 5.41) is 0. The quantitative estimate of drug-likeness (QED) is 0.892. The number of aromatic nitrogens is 2. The summed E-state index contributed by atoms with van der Waals surface area (Å²) in [5.41, 5.74) is 0.577. The number of rotatable bonds is 4. The van der Waals surface area contributed by atoms with Crippen molar-refractivity contribution in [2.45, 2.75) is 13.3 Å². The van der Waals surface area contributed by atoms with Crippen molar-refractivity contribution in [3.8, 4) is 0 Å². The molecule has 92 valence electrons. The van der Waals surface area contributed by atoms with Gasteiger partial charge in [0.05, 0.1) is 5.52 Å². The monoisotopic (exact) mass is 240 g/mol. The van der Waals surface area contributed by atoms with Gasteiger partial charge < -0.3 is 9.72 Å². The molecule has 0 aliphatic rings. The predicted octanol–water partition coefficient (Wildman–Crippen LogP) is 2.67. The zero-order valence-corrected chi connectivity index (χ0v) is 9.76. The number of benzene rings is 1. The molecule has 1 heterocycles. The van der Waals surface area contributed by atoms with Gasteiger partial charge in [0.2, 0.25) is 0 Å². The number of hydrogen-bond donors (Lipinski definition) is 1. The maximum Gasteiger partial charge on any atom is 0.186 e. The number of fused-ring (bicyclic) bond motifs is 1. The lowest BCUT2D eigenvalue weighted by Gasteiger charge is -2.06. The zero-order chi connectivity index (χ0) is 12.4. The number of hydrogen-bond acceptors (Lipinski definition) is 2. The summed E-state index contributed by atoms with van der Waals surface area (Å²) >= 11 is 0. The summed E-state index contributed by atoms with van der Waals surface area (Å²) in [7, 11) is 1.63. The summed E-state index contributed by atoms with van der Waals surface area (Å²) in [4.78, 5) is 7.05. The Bertz CT molecular complexity index is 524. The van der Waals surface area contributed by atoms with E-state index in [1.54, 1.807) is 7.11 Å². The Labute approximate surface area is 97.8 Å². The van der Waals surface area contributed by atoms with Gasteiger partial charge in [-0.2, -0.15) is 0 Å². The minimum Gasteiger partial charge on any atom is -0.384 e. The molecule has 1 aromatic carbocycles. The van der Waals surface area contributed by atoms with Crippen LogP contribution < -0.4 is 0 Å². The highest BCUT2D eigenvalue weighted by molar-refractivity contribution is 5.75. The number of imidazole rings is 1. The summed E-state index contributed by atoms with van der Waals surface area (Å²) in [6.07, 6.45) is 0.642. The van der Waals surface area contributed by atoms with E-state index in [1.807, 2.05) is 6.92 Å². The molecular formula is C12H14F2N2O. The number of nitrogens with one attached hydrogen (secondary N) is 1. The van der Waals surface area contributed by atoms with Gasteiger partial charge in [-0.1, -0.05) is 6.92 Å². The first-order valence-corrected chi connectivity index (χ1v) is 5.43. The smallest absolute Gasteiger partial charge is 0.186 e. The van der Waals surface area contributed by atoms with Crippen LogP contribution in [0.5, 0.6) is 0 Å². The van der Waals surface area contributed by atoms with Crippen molar-refractivity contribution in [2.75, 3.05) is 13.7 Å². The largest absolute Gasteiger partial charge is 0.384 e. The van der Waals surface area contributed by atoms with Crippen LogP contribution in [-0.2, 0) is 11.2 Å². The SMILES string of the molecule is COCC(C)Cc1nc2c(F)c(F)ccc2[nH]1. The van der Waals surface area contributed by atoms with Crippen molar-refractivity contribution in [2.24, 2.45) is 5.92 Å². The Kier molecular flexibility index (Phi) is 3.38. The van der Waals surface area contributed by atoms with Gasteiger partial charge in [0, 0.05) is 20.1 Å². The number of ether oxygens (including phenoxy) is 1. The molecule has 1 aromatic heterocycles. The number of halogens is 2. The maximum atomic E-state index is 13.4. The van der Waals surface area contributed by atoms with E-state index in [0.717, 1.165) is 6.07 Å². The Morgan fingerprint density at radius 3 is 2.88 bits per heavy atom. The van der Waals surface area contributed by atoms with E-state index in [1.165, 1.54) is 6.07 Å². The lowest BCUT2D eigenvalue weighted by atomic mass is 10.1. The van der Waals surface area contributed by atoms with Crippen molar-refractivity contribution >= 4 is 11.0 Å². The third-order valence-corrected chi connectivity index (χ3v) is 2.59. The van der Waals surface area contributed by atoms with Crippen LogP contribution in [0.2, 0.25) is 0 Å². The Morgan fingerprint density at radius 2 is 2.18 bits per heavy atom. The number of nitrogens with zero attached hydrogens (tertiary/aromatic N) is 1. The van der Waals surface area contributed by atoms with Crippen LogP contribution in [0.4, 0.5) is 8.78 Å². The van der Waals surface area contributed by atoms with E-state index in [4.69, 9.17) is 4.74 Å². The molecule has 0 saturated carbocycles. The van der Waals surface area contributed by atoms with E-state index in [9.17, 15) is 8.78 Å². The first-order valence-electron chi connectivity index (χ1n) is 5.43. The molecule has 5 heteroatoms. The van der Waals surface area contributed by atoms with Gasteiger partial charge >= 0.3 is 0 Å². The highest BCUT2D eigenvalue weighted by Crippen LogP contribution is 2.19. The molecule has 3 nitrogen and oxygen atoms in total. The standard InChI is InChI=1S/C12H14F2N2O/c1-7(6-17-2)5-10-15-9-4-3-8(13)11(14)12(9)16-10/h3-4,7H,5-6H2,1-2H3,(H,15,16). The van der Waals surface area contributed by atoms with Gasteiger partial charge in [0.25, 0.3) is 0 Å². The zero-order valence-electron chi connectivity index (χ0n) is 9.76. The minimum atomic E-state index is -0.899. The van der Waals surface area contributed by atoms with Crippen molar-refractivity contribution in [1.29, 1.82) is 0 Å². The molecule has 1 N–H and O–H groups in total. The summed E-state index contributed by atoms with van der Waals surface area (Å²) < 4.78 is 31.4. The van der Waals surface area contributed by atoms with Crippen molar-refractivity contribution in [1.82, 2.24) is 9.97 Å². The Morgan fingerprint density at radius 1 is 1.41 bits per heavy atom. The highest BCUT2D eigenvalue weighted by atomic mass is 19.2. The van der Waals surface area contributed by atoms with Crippen LogP contribution in [0, 0.1) is 17.6 Å². The summed E-state index contributed by atoms with van der Waals surface area (Å²) in [6, 6.07) is 2.59. The van der Waals surface area contributed by atoms with Gasteiger partial charge in [-0.3, -0.25) is 0 Å². The normalized spacial score (nSPS) is 13.2. The van der Waals surface area contributed by atoms with Crippen LogP contribution in [0.15, 0.2) is 12.1 Å². The maximum absolute atomic E-state index is 13.4. The van der Waals surface area contributed by atoms with Crippen LogP contribution in [0.3, 0.4) is 0 Å². The van der Waals surface area contributed by atoms with Gasteiger partial charge in [-0.05, 0) is 18.1 Å². The first-order chi connectivity index (χ1) is 8.11. The van der Waals surface area contributed by atoms with Gasteiger partial charge in [-0.15, -0.1) is 0 Å². The van der Waals surface area contributed by atoms with Crippen LogP contribution >= 0.6 is 0 Å². The van der Waals surface area contributed by atoms with Gasteiger partial charge in [-0.25, -0.2) is 13.8 Å². The fourth-order valence-electron chi connectivity index (χ4n) is 1.84. The third-order valence-electron chi connectivity index (χ3n) is 2.59. The average molecular weight is 240 g/mol. The number of methoxy groups -OCH3 is 1. The molecule has 2 rings (SSSR count). The topological polar surface area (TPSA) is 37.9 Å². The fraction of sp³-hybridized carbons (Fsp3) is 0.417. The number of H-pyrrole nitrogens is 1. The van der Waals surface area contributed by atoms with E-state index in [0.29, 0.717) is 24.4 Å². The lowest BCUT2D eigenvalue weighted by Crippen LogP contribution is -2.07. The molecular weight excluding hydrogens is 226 g/mol. The summed E-state index contributed by atoms with van der Waals surface area (Å²) in [6.45, 7) is 2.61. The molecule has 0 amide bonds. The van der Waals surface area contributed by atoms with Crippen LogP contribution in [0.1, 0.15) is 12.7 Å². The first kappa shape index (κ1) is 12.0. The molecule has 17 heavy (non-hydrogen) atoms. The molecule has 2 aromatic rings. The Balaban J connectivity index is 2.29. The van der Waals surface area contributed by atoms with E-state index < -0.39 is 11.6 Å². The van der Waals surface area contributed by atoms with Crippen LogP contribution in [-0.4, -0.2) is 23.7 Å². The lowest BCUT2D eigenvalue weighted by molar-refractivity contribution is 0.159.